The van der Waals surface area contributed by atoms with Gasteiger partial charge in [0.15, 0.2) is 0 Å². The van der Waals surface area contributed by atoms with Gasteiger partial charge in [-0.1, -0.05) is 25.4 Å². The lowest BCUT2D eigenvalue weighted by Crippen LogP contribution is -1.98. The molecule has 2 rings (SSSR count). The molecule has 0 N–H and O–H groups in total. The molecule has 0 saturated heterocycles. The van der Waals surface area contributed by atoms with Gasteiger partial charge in [-0.2, -0.15) is 0 Å². The maximum Gasteiger partial charge on any atom is 0.141 e. The van der Waals surface area contributed by atoms with Crippen molar-refractivity contribution >= 4 is 11.6 Å². The molecule has 1 aromatic heterocycles. The van der Waals surface area contributed by atoms with Crippen LogP contribution in [0.25, 0.3) is 11.3 Å². The van der Waals surface area contributed by atoms with Crippen molar-refractivity contribution < 1.29 is 4.39 Å². The second-order valence-corrected chi connectivity index (χ2v) is 4.79. The summed E-state index contributed by atoms with van der Waals surface area (Å²) in [6, 6.07) is 4.65. The van der Waals surface area contributed by atoms with Gasteiger partial charge in [0.2, 0.25) is 0 Å². The topological polar surface area (TPSA) is 17.8 Å². The number of hydrogen-bond acceptors (Lipinski definition) is 1. The Hall–Kier alpha value is -1.35. The van der Waals surface area contributed by atoms with E-state index in [1.807, 2.05) is 17.8 Å². The van der Waals surface area contributed by atoms with Crippen molar-refractivity contribution in [2.75, 3.05) is 0 Å². The highest BCUT2D eigenvalue weighted by atomic mass is 35.5. The van der Waals surface area contributed by atoms with Gasteiger partial charge in [0.1, 0.15) is 11.6 Å². The molecule has 90 valence electrons. The lowest BCUT2D eigenvalue weighted by molar-refractivity contribution is 0.628. The molecule has 0 amide bonds. The van der Waals surface area contributed by atoms with E-state index >= 15 is 0 Å². The van der Waals surface area contributed by atoms with Crippen LogP contribution < -0.4 is 0 Å². The van der Waals surface area contributed by atoms with Crippen molar-refractivity contribution in [2.24, 2.45) is 7.05 Å². The molecule has 0 saturated carbocycles. The first kappa shape index (κ1) is 12.1. The summed E-state index contributed by atoms with van der Waals surface area (Å²) >= 11 is 5.76. The molecule has 0 aliphatic rings. The van der Waals surface area contributed by atoms with Crippen LogP contribution in [0.1, 0.15) is 25.6 Å². The Labute approximate surface area is 105 Å². The Morgan fingerprint density at radius 2 is 2.06 bits per heavy atom. The lowest BCUT2D eigenvalue weighted by atomic mass is 10.1. The third-order valence-electron chi connectivity index (χ3n) is 2.64. The largest absolute Gasteiger partial charge is 0.337 e. The molecule has 0 atom stereocenters. The molecule has 0 fully saturated rings. The fourth-order valence-electron chi connectivity index (χ4n) is 1.81. The molecule has 17 heavy (non-hydrogen) atoms. The van der Waals surface area contributed by atoms with Gasteiger partial charge in [-0.25, -0.2) is 9.37 Å². The van der Waals surface area contributed by atoms with E-state index in [0.717, 1.165) is 17.1 Å². The fourth-order valence-corrected chi connectivity index (χ4v) is 1.99. The van der Waals surface area contributed by atoms with E-state index in [0.29, 0.717) is 5.92 Å². The van der Waals surface area contributed by atoms with Gasteiger partial charge in [-0.15, -0.1) is 0 Å². The summed E-state index contributed by atoms with van der Waals surface area (Å²) in [5.41, 5.74) is 1.65. The summed E-state index contributed by atoms with van der Waals surface area (Å²) in [5.74, 6) is 0.945. The maximum atomic E-state index is 13.1. The predicted octanol–water partition coefficient (Wildman–Crippen LogP) is 4.00. The molecule has 0 spiro atoms. The average Bonchev–Trinajstić information content (AvgIpc) is 2.64. The van der Waals surface area contributed by atoms with Crippen molar-refractivity contribution in [1.82, 2.24) is 9.55 Å². The van der Waals surface area contributed by atoms with Crippen molar-refractivity contribution in [2.45, 2.75) is 19.8 Å². The highest BCUT2D eigenvalue weighted by molar-refractivity contribution is 6.31. The van der Waals surface area contributed by atoms with Gasteiger partial charge in [-0.05, 0) is 18.2 Å². The van der Waals surface area contributed by atoms with E-state index in [1.54, 1.807) is 12.1 Å². The molecule has 2 aromatic rings. The number of aromatic nitrogens is 2. The predicted molar refractivity (Wildman–Crippen MR) is 67.7 cm³/mol. The SMILES string of the molecule is CC(C)c1nc(-c2ccc(F)c(Cl)c2)cn1C. The molecule has 0 aliphatic carbocycles. The molecule has 1 aromatic carbocycles. The molecule has 4 heteroatoms. The van der Waals surface area contributed by atoms with Gasteiger partial charge < -0.3 is 4.57 Å². The van der Waals surface area contributed by atoms with Crippen molar-refractivity contribution in [3.63, 3.8) is 0 Å². The summed E-state index contributed by atoms with van der Waals surface area (Å²) in [7, 11) is 1.96. The molecule has 2 nitrogen and oxygen atoms in total. The summed E-state index contributed by atoms with van der Waals surface area (Å²) in [6.45, 7) is 4.17. The highest BCUT2D eigenvalue weighted by Gasteiger charge is 2.11. The Kier molecular flexibility index (Phi) is 3.20. The normalized spacial score (nSPS) is 11.2. The number of halogens is 2. The van der Waals surface area contributed by atoms with E-state index in [2.05, 4.69) is 18.8 Å². The number of aryl methyl sites for hydroxylation is 1. The Balaban J connectivity index is 2.46. The quantitative estimate of drug-likeness (QED) is 0.790. The number of nitrogens with zero attached hydrogens (tertiary/aromatic N) is 2. The number of benzene rings is 1. The molecular formula is C13H14ClFN2. The van der Waals surface area contributed by atoms with Crippen LogP contribution in [-0.2, 0) is 7.05 Å². The zero-order chi connectivity index (χ0) is 12.6. The van der Waals surface area contributed by atoms with E-state index in [4.69, 9.17) is 11.6 Å². The van der Waals surface area contributed by atoms with Crippen LogP contribution in [0.3, 0.4) is 0 Å². The first-order valence-electron chi connectivity index (χ1n) is 5.47. The Bertz CT molecular complexity index is 546. The minimum absolute atomic E-state index is 0.124. The highest BCUT2D eigenvalue weighted by Crippen LogP contribution is 2.25. The van der Waals surface area contributed by atoms with E-state index in [-0.39, 0.29) is 5.02 Å². The van der Waals surface area contributed by atoms with Crippen molar-refractivity contribution in [3.8, 4) is 11.3 Å². The molecule has 0 radical (unpaired) electrons. The summed E-state index contributed by atoms with van der Waals surface area (Å²) in [6.07, 6.45) is 1.93. The minimum atomic E-state index is -0.407. The van der Waals surface area contributed by atoms with Gasteiger partial charge in [0, 0.05) is 24.7 Å². The van der Waals surface area contributed by atoms with Crippen LogP contribution in [0.15, 0.2) is 24.4 Å². The van der Waals surface area contributed by atoms with Gasteiger partial charge >= 0.3 is 0 Å². The van der Waals surface area contributed by atoms with Crippen LogP contribution in [0.5, 0.6) is 0 Å². The summed E-state index contributed by atoms with van der Waals surface area (Å²) in [4.78, 5) is 4.53. The van der Waals surface area contributed by atoms with Gasteiger partial charge in [0.05, 0.1) is 10.7 Å². The number of imidazole rings is 1. The monoisotopic (exact) mass is 252 g/mol. The molecule has 0 bridgehead atoms. The van der Waals surface area contributed by atoms with E-state index in [1.165, 1.54) is 6.07 Å². The average molecular weight is 253 g/mol. The Morgan fingerprint density at radius 1 is 1.35 bits per heavy atom. The molecule has 0 unspecified atom stereocenters. The molecule has 0 aliphatic heterocycles. The maximum absolute atomic E-state index is 13.1. The molecule has 1 heterocycles. The third kappa shape index (κ3) is 2.34. The van der Waals surface area contributed by atoms with Crippen molar-refractivity contribution in [3.05, 3.63) is 41.1 Å². The zero-order valence-corrected chi connectivity index (χ0v) is 10.8. The number of rotatable bonds is 2. The number of hydrogen-bond donors (Lipinski definition) is 0. The minimum Gasteiger partial charge on any atom is -0.337 e. The zero-order valence-electron chi connectivity index (χ0n) is 10.0. The second kappa shape index (κ2) is 4.49. The van der Waals surface area contributed by atoms with Crippen LogP contribution >= 0.6 is 11.6 Å². The van der Waals surface area contributed by atoms with Gasteiger partial charge in [0.25, 0.3) is 0 Å². The van der Waals surface area contributed by atoms with E-state index < -0.39 is 5.82 Å². The second-order valence-electron chi connectivity index (χ2n) is 4.38. The third-order valence-corrected chi connectivity index (χ3v) is 2.93. The van der Waals surface area contributed by atoms with Crippen LogP contribution in [-0.4, -0.2) is 9.55 Å². The smallest absolute Gasteiger partial charge is 0.141 e. The first-order chi connectivity index (χ1) is 7.99. The van der Waals surface area contributed by atoms with E-state index in [9.17, 15) is 4.39 Å². The molecular weight excluding hydrogens is 239 g/mol. The summed E-state index contributed by atoms with van der Waals surface area (Å²) < 4.78 is 15.1. The van der Waals surface area contributed by atoms with Crippen LogP contribution in [0.2, 0.25) is 5.02 Å². The standard InChI is InChI=1S/C13H14ClFN2/c1-8(2)13-16-12(7-17(13)3)9-4-5-11(15)10(14)6-9/h4-8H,1-3H3. The fraction of sp³-hybridized carbons (Fsp3) is 0.308. The van der Waals surface area contributed by atoms with Gasteiger partial charge in [-0.3, -0.25) is 0 Å². The lowest BCUT2D eigenvalue weighted by Gasteiger charge is -2.02. The Morgan fingerprint density at radius 3 is 2.59 bits per heavy atom. The van der Waals surface area contributed by atoms with Crippen LogP contribution in [0, 0.1) is 5.82 Å². The summed E-state index contributed by atoms with van der Waals surface area (Å²) in [5, 5.41) is 0.124. The van der Waals surface area contributed by atoms with Crippen molar-refractivity contribution in [1.29, 1.82) is 0 Å². The first-order valence-corrected chi connectivity index (χ1v) is 5.85. The van der Waals surface area contributed by atoms with Crippen LogP contribution in [0.4, 0.5) is 4.39 Å².